The van der Waals surface area contributed by atoms with Crippen LogP contribution in [0.2, 0.25) is 0 Å². The molecule has 0 aliphatic rings. The maximum atomic E-state index is 12.8. The predicted molar refractivity (Wildman–Crippen MR) is 119 cm³/mol. The van der Waals surface area contributed by atoms with E-state index in [1.54, 1.807) is 25.2 Å². The number of aryl methyl sites for hydroxylation is 1. The average molecular weight is 436 g/mol. The quantitative estimate of drug-likeness (QED) is 0.471. The van der Waals surface area contributed by atoms with E-state index in [2.05, 4.69) is 20.4 Å². The molecule has 158 valence electrons. The Labute approximate surface area is 183 Å². The summed E-state index contributed by atoms with van der Waals surface area (Å²) in [6.45, 7) is 2.45. The first-order valence-electron chi connectivity index (χ1n) is 9.50. The second-order valence-corrected chi connectivity index (χ2v) is 7.75. The Kier molecular flexibility index (Phi) is 5.94. The molecule has 2 aromatic carbocycles. The fourth-order valence-electron chi connectivity index (χ4n) is 3.08. The van der Waals surface area contributed by atoms with Gasteiger partial charge in [-0.2, -0.15) is 5.10 Å². The molecule has 8 nitrogen and oxygen atoms in total. The van der Waals surface area contributed by atoms with Gasteiger partial charge in [-0.05, 0) is 42.8 Å². The summed E-state index contributed by atoms with van der Waals surface area (Å²) in [7, 11) is 3.18. The number of aromatic nitrogens is 4. The summed E-state index contributed by atoms with van der Waals surface area (Å²) in [4.78, 5) is 21.9. The molecular formula is C22H21N5O3S. The highest BCUT2D eigenvalue weighted by molar-refractivity contribution is 7.17. The van der Waals surface area contributed by atoms with Gasteiger partial charge in [0.25, 0.3) is 5.91 Å². The highest BCUT2D eigenvalue weighted by atomic mass is 32.1. The van der Waals surface area contributed by atoms with Gasteiger partial charge >= 0.3 is 0 Å². The number of nitrogens with one attached hydrogen (secondary N) is 1. The summed E-state index contributed by atoms with van der Waals surface area (Å²) in [6, 6.07) is 13.2. The summed E-state index contributed by atoms with van der Waals surface area (Å²) in [6.07, 6.45) is 3.17. The van der Waals surface area contributed by atoms with Gasteiger partial charge < -0.3 is 14.8 Å². The van der Waals surface area contributed by atoms with E-state index < -0.39 is 0 Å². The normalized spacial score (nSPS) is 10.7. The maximum Gasteiger partial charge on any atom is 0.267 e. The minimum Gasteiger partial charge on any atom is -0.493 e. The van der Waals surface area contributed by atoms with Crippen LogP contribution in [-0.4, -0.2) is 39.9 Å². The van der Waals surface area contributed by atoms with E-state index in [0.717, 1.165) is 16.1 Å². The lowest BCUT2D eigenvalue weighted by Crippen LogP contribution is -2.11. The van der Waals surface area contributed by atoms with Crippen molar-refractivity contribution < 1.29 is 14.3 Å². The molecule has 4 rings (SSSR count). The first-order valence-corrected chi connectivity index (χ1v) is 10.3. The lowest BCUT2D eigenvalue weighted by Gasteiger charge is -2.08. The molecule has 31 heavy (non-hydrogen) atoms. The molecule has 2 aromatic heterocycles. The maximum absolute atomic E-state index is 12.8. The molecule has 2 heterocycles. The molecule has 0 saturated carbocycles. The minimum atomic E-state index is -0.189. The number of amides is 1. The molecule has 0 unspecified atom stereocenters. The van der Waals surface area contributed by atoms with Crippen molar-refractivity contribution in [1.82, 2.24) is 19.7 Å². The second kappa shape index (κ2) is 8.97. The van der Waals surface area contributed by atoms with Crippen LogP contribution < -0.4 is 14.8 Å². The standard InChI is InChI=1S/C22H21N5O3S/c1-14-20(31-22(25-14)16-6-9-18(29-2)19(10-16)30-3)21(28)26-17-7-4-15(5-8-17)11-27-13-23-12-24-27/h4-10,12-13H,11H2,1-3H3,(H,26,28). The number of thiazole rings is 1. The number of carbonyl (C=O) groups excluding carboxylic acids is 1. The van der Waals surface area contributed by atoms with Gasteiger partial charge in [-0.15, -0.1) is 11.3 Å². The first-order chi connectivity index (χ1) is 15.1. The molecule has 1 amide bonds. The van der Waals surface area contributed by atoms with Crippen LogP contribution in [0.1, 0.15) is 20.9 Å². The van der Waals surface area contributed by atoms with Crippen molar-refractivity contribution in [1.29, 1.82) is 0 Å². The lowest BCUT2D eigenvalue weighted by molar-refractivity contribution is 0.103. The molecule has 0 aliphatic carbocycles. The zero-order chi connectivity index (χ0) is 21.8. The molecule has 4 aromatic rings. The molecule has 0 radical (unpaired) electrons. The number of anilines is 1. The van der Waals surface area contributed by atoms with Gasteiger partial charge in [-0.3, -0.25) is 4.79 Å². The Morgan fingerprint density at radius 1 is 1.10 bits per heavy atom. The number of hydrogen-bond donors (Lipinski definition) is 1. The van der Waals surface area contributed by atoms with Crippen LogP contribution in [-0.2, 0) is 6.54 Å². The third-order valence-electron chi connectivity index (χ3n) is 4.66. The predicted octanol–water partition coefficient (Wildman–Crippen LogP) is 4.03. The first kappa shape index (κ1) is 20.5. The fourth-order valence-corrected chi connectivity index (χ4v) is 4.04. The third-order valence-corrected chi connectivity index (χ3v) is 5.86. The number of rotatable bonds is 7. The van der Waals surface area contributed by atoms with Gasteiger partial charge in [-0.25, -0.2) is 14.6 Å². The van der Waals surface area contributed by atoms with Crippen LogP contribution in [0.4, 0.5) is 5.69 Å². The summed E-state index contributed by atoms with van der Waals surface area (Å²) in [5.41, 5.74) is 3.32. The van der Waals surface area contributed by atoms with E-state index in [1.807, 2.05) is 49.4 Å². The number of hydrogen-bond acceptors (Lipinski definition) is 7. The topological polar surface area (TPSA) is 91.2 Å². The van der Waals surface area contributed by atoms with Gasteiger partial charge in [0.15, 0.2) is 11.5 Å². The number of ether oxygens (including phenoxy) is 2. The molecule has 0 bridgehead atoms. The van der Waals surface area contributed by atoms with Crippen molar-refractivity contribution in [2.45, 2.75) is 13.5 Å². The molecule has 0 spiro atoms. The second-order valence-electron chi connectivity index (χ2n) is 6.75. The van der Waals surface area contributed by atoms with Crippen LogP contribution in [0.3, 0.4) is 0 Å². The number of nitrogens with zero attached hydrogens (tertiary/aromatic N) is 4. The van der Waals surface area contributed by atoms with Crippen LogP contribution in [0.5, 0.6) is 11.5 Å². The zero-order valence-electron chi connectivity index (χ0n) is 17.3. The highest BCUT2D eigenvalue weighted by Crippen LogP contribution is 2.35. The molecule has 0 aliphatic heterocycles. The fraction of sp³-hybridized carbons (Fsp3) is 0.182. The Bertz CT molecular complexity index is 1190. The van der Waals surface area contributed by atoms with Crippen LogP contribution in [0.15, 0.2) is 55.1 Å². The molecular weight excluding hydrogens is 414 g/mol. The van der Waals surface area contributed by atoms with Crippen LogP contribution in [0.25, 0.3) is 10.6 Å². The van der Waals surface area contributed by atoms with Crippen molar-refractivity contribution in [2.75, 3.05) is 19.5 Å². The van der Waals surface area contributed by atoms with Crippen molar-refractivity contribution in [3.05, 3.63) is 71.3 Å². The Morgan fingerprint density at radius 2 is 1.87 bits per heavy atom. The number of benzene rings is 2. The van der Waals surface area contributed by atoms with E-state index >= 15 is 0 Å². The molecule has 0 saturated heterocycles. The largest absolute Gasteiger partial charge is 0.493 e. The smallest absolute Gasteiger partial charge is 0.267 e. The van der Waals surface area contributed by atoms with E-state index in [1.165, 1.54) is 17.7 Å². The Balaban J connectivity index is 1.49. The zero-order valence-corrected chi connectivity index (χ0v) is 18.1. The SMILES string of the molecule is COc1ccc(-c2nc(C)c(C(=O)Nc3ccc(Cn4cncn4)cc3)s2)cc1OC. The third kappa shape index (κ3) is 4.56. The van der Waals surface area contributed by atoms with Crippen LogP contribution in [0, 0.1) is 6.92 Å². The summed E-state index contributed by atoms with van der Waals surface area (Å²) in [5, 5.41) is 7.78. The molecule has 1 N–H and O–H groups in total. The van der Waals surface area contributed by atoms with Gasteiger partial charge in [0.2, 0.25) is 0 Å². The van der Waals surface area contributed by atoms with E-state index in [9.17, 15) is 4.79 Å². The van der Waals surface area contributed by atoms with E-state index in [4.69, 9.17) is 9.47 Å². The Hall–Kier alpha value is -3.72. The van der Waals surface area contributed by atoms with E-state index in [0.29, 0.717) is 34.3 Å². The minimum absolute atomic E-state index is 0.189. The van der Waals surface area contributed by atoms with E-state index in [-0.39, 0.29) is 5.91 Å². The van der Waals surface area contributed by atoms with Crippen molar-refractivity contribution in [2.24, 2.45) is 0 Å². The monoisotopic (exact) mass is 435 g/mol. The van der Waals surface area contributed by atoms with Gasteiger partial charge in [0.05, 0.1) is 26.5 Å². The van der Waals surface area contributed by atoms with Crippen LogP contribution >= 0.6 is 11.3 Å². The highest BCUT2D eigenvalue weighted by Gasteiger charge is 2.17. The summed E-state index contributed by atoms with van der Waals surface area (Å²) >= 11 is 1.34. The summed E-state index contributed by atoms with van der Waals surface area (Å²) in [5.74, 6) is 1.07. The van der Waals surface area contributed by atoms with Crippen molar-refractivity contribution in [3.63, 3.8) is 0 Å². The average Bonchev–Trinajstić information content (AvgIpc) is 3.44. The molecule has 9 heteroatoms. The van der Waals surface area contributed by atoms with Gasteiger partial charge in [0, 0.05) is 11.3 Å². The van der Waals surface area contributed by atoms with Gasteiger partial charge in [-0.1, -0.05) is 12.1 Å². The number of carbonyl (C=O) groups is 1. The van der Waals surface area contributed by atoms with Gasteiger partial charge in [0.1, 0.15) is 22.5 Å². The molecule has 0 atom stereocenters. The molecule has 0 fully saturated rings. The van der Waals surface area contributed by atoms with Crippen molar-refractivity contribution in [3.8, 4) is 22.1 Å². The number of methoxy groups -OCH3 is 2. The summed E-state index contributed by atoms with van der Waals surface area (Å²) < 4.78 is 12.4. The lowest BCUT2D eigenvalue weighted by atomic mass is 10.2. The van der Waals surface area contributed by atoms with Crippen molar-refractivity contribution >= 4 is 22.9 Å². The Morgan fingerprint density at radius 3 is 2.55 bits per heavy atom.